The minimum atomic E-state index is -0.354. The third-order valence-corrected chi connectivity index (χ3v) is 5.72. The van der Waals surface area contributed by atoms with Crippen molar-refractivity contribution in [3.8, 4) is 5.88 Å². The molecule has 1 amide bonds. The molecule has 0 unspecified atom stereocenters. The Labute approximate surface area is 172 Å². The first kappa shape index (κ1) is 21.0. The summed E-state index contributed by atoms with van der Waals surface area (Å²) in [5.41, 5.74) is 2.87. The normalized spacial score (nSPS) is 19.1. The molecule has 3 rings (SSSR count). The molecule has 156 valence electrons. The summed E-state index contributed by atoms with van der Waals surface area (Å²) >= 11 is 0. The minimum absolute atomic E-state index is 0.0407. The molecule has 0 saturated heterocycles. The highest BCUT2D eigenvalue weighted by Gasteiger charge is 2.31. The number of rotatable bonds is 6. The van der Waals surface area contributed by atoms with Crippen LogP contribution in [0.2, 0.25) is 0 Å². The molecular weight excluding hydrogens is 366 g/mol. The van der Waals surface area contributed by atoms with Gasteiger partial charge in [-0.3, -0.25) is 4.79 Å². The first-order valence-corrected chi connectivity index (χ1v) is 10.1. The molecule has 1 aliphatic rings. The molecule has 2 aromatic heterocycles. The van der Waals surface area contributed by atoms with Crippen molar-refractivity contribution in [2.75, 3.05) is 26.0 Å². The van der Waals surface area contributed by atoms with Crippen LogP contribution in [0.25, 0.3) is 0 Å². The molecule has 0 fully saturated rings. The fourth-order valence-electron chi connectivity index (χ4n) is 3.71. The van der Waals surface area contributed by atoms with E-state index in [1.807, 2.05) is 20.9 Å². The number of nitrogens with one attached hydrogen (secondary N) is 1. The lowest BCUT2D eigenvalue weighted by Crippen LogP contribution is -2.43. The van der Waals surface area contributed by atoms with E-state index >= 15 is 0 Å². The second-order valence-electron chi connectivity index (χ2n) is 8.26. The number of hydrogen-bond donors (Lipinski definition) is 1. The van der Waals surface area contributed by atoms with Crippen molar-refractivity contribution in [3.05, 3.63) is 41.0 Å². The summed E-state index contributed by atoms with van der Waals surface area (Å²) in [4.78, 5) is 28.0. The molecule has 3 heterocycles. The molecule has 0 aromatic carbocycles. The molecule has 0 saturated carbocycles. The Morgan fingerprint density at radius 3 is 2.79 bits per heavy atom. The van der Waals surface area contributed by atoms with Crippen molar-refractivity contribution in [3.63, 3.8) is 0 Å². The zero-order valence-corrected chi connectivity index (χ0v) is 18.2. The van der Waals surface area contributed by atoms with Crippen molar-refractivity contribution in [2.45, 2.75) is 58.4 Å². The third kappa shape index (κ3) is 4.83. The Bertz CT molecular complexity index is 901. The number of amides is 1. The highest BCUT2D eigenvalue weighted by Crippen LogP contribution is 2.32. The number of aryl methyl sites for hydroxylation is 3. The predicted molar refractivity (Wildman–Crippen MR) is 113 cm³/mol. The van der Waals surface area contributed by atoms with Crippen molar-refractivity contribution in [1.29, 1.82) is 0 Å². The van der Waals surface area contributed by atoms with Crippen LogP contribution >= 0.6 is 0 Å². The van der Waals surface area contributed by atoms with E-state index in [1.54, 1.807) is 25.0 Å². The molecule has 7 heteroatoms. The van der Waals surface area contributed by atoms with Crippen LogP contribution in [0.15, 0.2) is 18.2 Å². The maximum Gasteiger partial charge on any atom is 0.231 e. The molecule has 1 aliphatic heterocycles. The summed E-state index contributed by atoms with van der Waals surface area (Å²) < 4.78 is 5.21. The van der Waals surface area contributed by atoms with E-state index in [1.165, 1.54) is 5.56 Å². The molecular formula is C22H31N5O2. The van der Waals surface area contributed by atoms with Gasteiger partial charge in [-0.15, -0.1) is 0 Å². The number of likely N-dealkylation sites (N-methyl/N-ethyl adjacent to an activating group) is 1. The van der Waals surface area contributed by atoms with Crippen LogP contribution in [0.1, 0.15) is 55.4 Å². The van der Waals surface area contributed by atoms with E-state index in [9.17, 15) is 4.79 Å². The summed E-state index contributed by atoms with van der Waals surface area (Å²) in [6, 6.07) is 5.94. The van der Waals surface area contributed by atoms with Crippen LogP contribution < -0.4 is 10.1 Å². The molecule has 0 spiro atoms. The Hall–Kier alpha value is -2.70. The van der Waals surface area contributed by atoms with Gasteiger partial charge >= 0.3 is 0 Å². The van der Waals surface area contributed by atoms with Gasteiger partial charge in [-0.2, -0.15) is 4.98 Å². The van der Waals surface area contributed by atoms with Gasteiger partial charge in [0.1, 0.15) is 11.6 Å². The van der Waals surface area contributed by atoms with E-state index in [4.69, 9.17) is 4.74 Å². The van der Waals surface area contributed by atoms with Crippen LogP contribution in [-0.4, -0.2) is 52.0 Å². The largest absolute Gasteiger partial charge is 0.481 e. The predicted octanol–water partition coefficient (Wildman–Crippen LogP) is 3.27. The number of ether oxygens (including phenoxy) is 1. The van der Waals surface area contributed by atoms with Gasteiger partial charge in [0, 0.05) is 30.9 Å². The average Bonchev–Trinajstić information content (AvgIpc) is 2.70. The maximum absolute atomic E-state index is 13.0. The molecule has 29 heavy (non-hydrogen) atoms. The number of fused-ring (bicyclic) bond motifs is 1. The highest BCUT2D eigenvalue weighted by atomic mass is 16.5. The molecule has 1 N–H and O–H groups in total. The van der Waals surface area contributed by atoms with E-state index in [0.717, 1.165) is 30.8 Å². The lowest BCUT2D eigenvalue weighted by molar-refractivity contribution is -0.131. The van der Waals surface area contributed by atoms with E-state index < -0.39 is 0 Å². The number of pyridine rings is 1. The summed E-state index contributed by atoms with van der Waals surface area (Å²) in [6.07, 6.45) is 2.87. The first-order valence-electron chi connectivity index (χ1n) is 10.1. The summed E-state index contributed by atoms with van der Waals surface area (Å²) in [5.74, 6) is 1.74. The maximum atomic E-state index is 13.0. The Morgan fingerprint density at radius 1 is 1.31 bits per heavy atom. The fourth-order valence-corrected chi connectivity index (χ4v) is 3.71. The zero-order valence-electron chi connectivity index (χ0n) is 18.2. The summed E-state index contributed by atoms with van der Waals surface area (Å²) in [6.45, 7) is 8.56. The standard InChI is InChI=1S/C22H31N5O2/c1-14-7-8-17-9-10-22(4,26-20(17)23-14)11-12-27(5)21(28)15(2)18-13-19(29-6)25-16(3)24-18/h7-8,13,15H,9-12H2,1-6H3,(H,23,26)/t15-,22-/m1/s1. The number of carbonyl (C=O) groups is 1. The minimum Gasteiger partial charge on any atom is -0.481 e. The molecule has 0 aliphatic carbocycles. The van der Waals surface area contributed by atoms with Crippen LogP contribution in [0.5, 0.6) is 5.88 Å². The first-order chi connectivity index (χ1) is 13.7. The van der Waals surface area contributed by atoms with Crippen molar-refractivity contribution >= 4 is 11.7 Å². The van der Waals surface area contributed by atoms with Gasteiger partial charge in [0.25, 0.3) is 0 Å². The molecule has 7 nitrogen and oxygen atoms in total. The number of hydrogen-bond acceptors (Lipinski definition) is 6. The van der Waals surface area contributed by atoms with Crippen molar-refractivity contribution in [2.24, 2.45) is 0 Å². The number of aromatic nitrogens is 3. The van der Waals surface area contributed by atoms with Gasteiger partial charge < -0.3 is 15.0 Å². The lowest BCUT2D eigenvalue weighted by Gasteiger charge is -2.37. The number of methoxy groups -OCH3 is 1. The smallest absolute Gasteiger partial charge is 0.231 e. The Balaban J connectivity index is 1.63. The summed E-state index contributed by atoms with van der Waals surface area (Å²) in [5, 5.41) is 3.61. The average molecular weight is 398 g/mol. The van der Waals surface area contributed by atoms with E-state index in [0.29, 0.717) is 23.9 Å². The van der Waals surface area contributed by atoms with Crippen molar-refractivity contribution < 1.29 is 9.53 Å². The van der Waals surface area contributed by atoms with Crippen LogP contribution in [-0.2, 0) is 11.2 Å². The van der Waals surface area contributed by atoms with Gasteiger partial charge in [-0.1, -0.05) is 6.07 Å². The van der Waals surface area contributed by atoms with E-state index in [-0.39, 0.29) is 17.4 Å². The molecule has 2 aromatic rings. The number of anilines is 1. The molecule has 0 bridgehead atoms. The molecule has 2 atom stereocenters. The monoisotopic (exact) mass is 397 g/mol. The Kier molecular flexibility index (Phi) is 6.05. The molecule has 0 radical (unpaired) electrons. The fraction of sp³-hybridized carbons (Fsp3) is 0.545. The van der Waals surface area contributed by atoms with Crippen LogP contribution in [0, 0.1) is 13.8 Å². The topological polar surface area (TPSA) is 80.2 Å². The van der Waals surface area contributed by atoms with Crippen molar-refractivity contribution in [1.82, 2.24) is 19.9 Å². The highest BCUT2D eigenvalue weighted by molar-refractivity contribution is 5.82. The zero-order chi connectivity index (χ0) is 21.2. The van der Waals surface area contributed by atoms with Gasteiger partial charge in [0.05, 0.1) is 18.7 Å². The van der Waals surface area contributed by atoms with Crippen LogP contribution in [0.4, 0.5) is 5.82 Å². The van der Waals surface area contributed by atoms with Gasteiger partial charge in [0.2, 0.25) is 11.8 Å². The van der Waals surface area contributed by atoms with Gasteiger partial charge in [0.15, 0.2) is 0 Å². The number of carbonyl (C=O) groups excluding carboxylic acids is 1. The van der Waals surface area contributed by atoms with Gasteiger partial charge in [-0.05, 0) is 58.6 Å². The second kappa shape index (κ2) is 8.35. The van der Waals surface area contributed by atoms with Crippen LogP contribution in [0.3, 0.4) is 0 Å². The second-order valence-corrected chi connectivity index (χ2v) is 8.26. The lowest BCUT2D eigenvalue weighted by atomic mass is 9.86. The quantitative estimate of drug-likeness (QED) is 0.806. The third-order valence-electron chi connectivity index (χ3n) is 5.72. The Morgan fingerprint density at radius 2 is 2.07 bits per heavy atom. The SMILES string of the molecule is COc1cc([C@@H](C)C(=O)N(C)CC[C@@]2(C)CCc3ccc(C)nc3N2)nc(C)n1. The van der Waals surface area contributed by atoms with Gasteiger partial charge in [-0.25, -0.2) is 9.97 Å². The summed E-state index contributed by atoms with van der Waals surface area (Å²) in [7, 11) is 3.42. The van der Waals surface area contributed by atoms with E-state index in [2.05, 4.69) is 39.3 Å². The number of nitrogens with zero attached hydrogens (tertiary/aromatic N) is 4.